The van der Waals surface area contributed by atoms with Gasteiger partial charge in [0, 0.05) is 18.0 Å². The molecule has 0 amide bonds. The summed E-state index contributed by atoms with van der Waals surface area (Å²) in [6.07, 6.45) is 1.64. The highest BCUT2D eigenvalue weighted by Crippen LogP contribution is 2.23. The number of nitrogens with zero attached hydrogens (tertiary/aromatic N) is 3. The highest BCUT2D eigenvalue weighted by molar-refractivity contribution is 6.32. The fourth-order valence-electron chi connectivity index (χ4n) is 1.30. The molecule has 0 radical (unpaired) electrons. The molecule has 0 atom stereocenters. The van der Waals surface area contributed by atoms with Crippen molar-refractivity contribution in [2.45, 2.75) is 6.92 Å². The first-order chi connectivity index (χ1) is 7.70. The molecule has 0 saturated carbocycles. The highest BCUT2D eigenvalue weighted by Gasteiger charge is 2.09. The van der Waals surface area contributed by atoms with E-state index in [1.54, 1.807) is 24.4 Å². The summed E-state index contributed by atoms with van der Waals surface area (Å²) in [6, 6.07) is 5.23. The number of pyridine rings is 1. The Hall–Kier alpha value is -1.72. The van der Waals surface area contributed by atoms with E-state index < -0.39 is 0 Å². The van der Waals surface area contributed by atoms with Crippen LogP contribution in [0.2, 0.25) is 5.02 Å². The van der Waals surface area contributed by atoms with Crippen LogP contribution in [0.3, 0.4) is 0 Å². The number of rotatable bonds is 2. The van der Waals surface area contributed by atoms with Crippen LogP contribution < -0.4 is 11.3 Å². The van der Waals surface area contributed by atoms with Gasteiger partial charge in [-0.05, 0) is 19.1 Å². The minimum atomic E-state index is 0.457. The average molecular weight is 236 g/mol. The van der Waals surface area contributed by atoms with Gasteiger partial charge in [-0.2, -0.15) is 0 Å². The summed E-state index contributed by atoms with van der Waals surface area (Å²) in [5, 5.41) is 0.510. The number of hydrogen-bond donors (Lipinski definition) is 2. The summed E-state index contributed by atoms with van der Waals surface area (Å²) in [6.45, 7) is 1.85. The second kappa shape index (κ2) is 4.42. The maximum Gasteiger partial charge on any atom is 0.182 e. The van der Waals surface area contributed by atoms with Gasteiger partial charge in [0.05, 0.1) is 5.02 Å². The fourth-order valence-corrected chi connectivity index (χ4v) is 1.50. The standard InChI is InChI=1S/C10H10ClN5/c1-6-5-8(16-12)15-10(14-6)9-7(11)3-2-4-13-9/h2-5H,12H2,1H3,(H,14,15,16). The number of nitrogens with one attached hydrogen (secondary N) is 1. The van der Waals surface area contributed by atoms with Crippen molar-refractivity contribution in [1.82, 2.24) is 15.0 Å². The van der Waals surface area contributed by atoms with Crippen LogP contribution in [0.15, 0.2) is 24.4 Å². The van der Waals surface area contributed by atoms with Gasteiger partial charge >= 0.3 is 0 Å². The van der Waals surface area contributed by atoms with Crippen molar-refractivity contribution in [2.24, 2.45) is 5.84 Å². The molecule has 0 saturated heterocycles. The molecule has 0 bridgehead atoms. The molecule has 0 aromatic carbocycles. The first-order valence-electron chi connectivity index (χ1n) is 4.64. The Bertz CT molecular complexity index is 514. The molecule has 5 nitrogen and oxygen atoms in total. The Morgan fingerprint density at radius 2 is 2.19 bits per heavy atom. The average Bonchev–Trinajstić information content (AvgIpc) is 2.28. The van der Waals surface area contributed by atoms with E-state index in [2.05, 4.69) is 20.4 Å². The Morgan fingerprint density at radius 1 is 1.38 bits per heavy atom. The zero-order valence-corrected chi connectivity index (χ0v) is 9.36. The van der Waals surface area contributed by atoms with Gasteiger partial charge in [0.2, 0.25) is 0 Å². The van der Waals surface area contributed by atoms with Gasteiger partial charge < -0.3 is 5.43 Å². The van der Waals surface area contributed by atoms with Crippen LogP contribution in [0, 0.1) is 6.92 Å². The maximum absolute atomic E-state index is 6.01. The van der Waals surface area contributed by atoms with E-state index in [-0.39, 0.29) is 0 Å². The minimum absolute atomic E-state index is 0.457. The lowest BCUT2D eigenvalue weighted by molar-refractivity contribution is 1.08. The molecule has 16 heavy (non-hydrogen) atoms. The largest absolute Gasteiger partial charge is 0.308 e. The maximum atomic E-state index is 6.01. The zero-order valence-electron chi connectivity index (χ0n) is 8.61. The van der Waals surface area contributed by atoms with Crippen molar-refractivity contribution in [3.8, 4) is 11.5 Å². The van der Waals surface area contributed by atoms with E-state index in [9.17, 15) is 0 Å². The molecule has 82 valence electrons. The van der Waals surface area contributed by atoms with E-state index in [0.717, 1.165) is 5.69 Å². The van der Waals surface area contributed by atoms with Gasteiger partial charge in [-0.25, -0.2) is 15.8 Å². The Balaban J connectivity index is 2.56. The van der Waals surface area contributed by atoms with Gasteiger partial charge in [0.15, 0.2) is 5.82 Å². The van der Waals surface area contributed by atoms with E-state index in [1.165, 1.54) is 0 Å². The van der Waals surface area contributed by atoms with Crippen molar-refractivity contribution in [3.05, 3.63) is 35.1 Å². The summed E-state index contributed by atoms with van der Waals surface area (Å²) < 4.78 is 0. The molecule has 0 aliphatic rings. The molecular formula is C10H10ClN5. The second-order valence-electron chi connectivity index (χ2n) is 3.20. The molecule has 2 aromatic heterocycles. The summed E-state index contributed by atoms with van der Waals surface area (Å²) in [7, 11) is 0. The first-order valence-corrected chi connectivity index (χ1v) is 5.01. The minimum Gasteiger partial charge on any atom is -0.308 e. The Kier molecular flexibility index (Phi) is 2.98. The predicted molar refractivity (Wildman–Crippen MR) is 62.8 cm³/mol. The lowest BCUT2D eigenvalue weighted by Crippen LogP contribution is -2.10. The van der Waals surface area contributed by atoms with Gasteiger partial charge in [-0.15, -0.1) is 0 Å². The fraction of sp³-hybridized carbons (Fsp3) is 0.100. The van der Waals surface area contributed by atoms with E-state index in [0.29, 0.717) is 22.4 Å². The van der Waals surface area contributed by atoms with E-state index in [1.807, 2.05) is 6.92 Å². The smallest absolute Gasteiger partial charge is 0.182 e. The molecule has 2 heterocycles. The van der Waals surface area contributed by atoms with E-state index >= 15 is 0 Å². The number of hydrogen-bond acceptors (Lipinski definition) is 5. The topological polar surface area (TPSA) is 76.7 Å². The van der Waals surface area contributed by atoms with Crippen molar-refractivity contribution in [2.75, 3.05) is 5.43 Å². The van der Waals surface area contributed by atoms with Crippen molar-refractivity contribution >= 4 is 17.4 Å². The third-order valence-electron chi connectivity index (χ3n) is 1.97. The number of halogens is 1. The second-order valence-corrected chi connectivity index (χ2v) is 3.60. The quantitative estimate of drug-likeness (QED) is 0.613. The van der Waals surface area contributed by atoms with Crippen LogP contribution in [-0.2, 0) is 0 Å². The summed E-state index contributed by atoms with van der Waals surface area (Å²) in [5.74, 6) is 6.30. The molecular weight excluding hydrogens is 226 g/mol. The van der Waals surface area contributed by atoms with Gasteiger partial charge in [-0.3, -0.25) is 4.98 Å². The van der Waals surface area contributed by atoms with Crippen LogP contribution >= 0.6 is 11.6 Å². The number of anilines is 1. The van der Waals surface area contributed by atoms with Crippen molar-refractivity contribution in [1.29, 1.82) is 0 Å². The molecule has 0 spiro atoms. The monoisotopic (exact) mass is 235 g/mol. The molecule has 0 unspecified atom stereocenters. The number of aryl methyl sites for hydroxylation is 1. The van der Waals surface area contributed by atoms with E-state index in [4.69, 9.17) is 17.4 Å². The number of hydrazine groups is 1. The lowest BCUT2D eigenvalue weighted by Gasteiger charge is -2.05. The SMILES string of the molecule is Cc1cc(NN)nc(-c2ncccc2Cl)n1. The lowest BCUT2D eigenvalue weighted by atomic mass is 10.3. The first kappa shape index (κ1) is 10.8. The predicted octanol–water partition coefficient (Wildman–Crippen LogP) is 1.79. The van der Waals surface area contributed by atoms with Crippen LogP contribution in [0.5, 0.6) is 0 Å². The Labute approximate surface area is 97.7 Å². The molecule has 2 rings (SSSR count). The number of nitrogens with two attached hydrogens (primary N) is 1. The molecule has 0 aliphatic carbocycles. The van der Waals surface area contributed by atoms with Crippen LogP contribution in [-0.4, -0.2) is 15.0 Å². The zero-order chi connectivity index (χ0) is 11.5. The normalized spacial score (nSPS) is 10.2. The van der Waals surface area contributed by atoms with Gasteiger partial charge in [-0.1, -0.05) is 11.6 Å². The third kappa shape index (κ3) is 2.10. The summed E-state index contributed by atoms with van der Waals surface area (Å²) in [4.78, 5) is 12.6. The Morgan fingerprint density at radius 3 is 2.88 bits per heavy atom. The highest BCUT2D eigenvalue weighted by atomic mass is 35.5. The number of nitrogen functional groups attached to an aromatic ring is 1. The summed E-state index contributed by atoms with van der Waals surface area (Å²) >= 11 is 6.01. The molecule has 2 aromatic rings. The van der Waals surface area contributed by atoms with Gasteiger partial charge in [0.25, 0.3) is 0 Å². The van der Waals surface area contributed by atoms with Crippen LogP contribution in [0.4, 0.5) is 5.82 Å². The van der Waals surface area contributed by atoms with Gasteiger partial charge in [0.1, 0.15) is 11.5 Å². The molecule has 3 N–H and O–H groups in total. The third-order valence-corrected chi connectivity index (χ3v) is 2.28. The van der Waals surface area contributed by atoms with Crippen LogP contribution in [0.1, 0.15) is 5.69 Å². The number of aromatic nitrogens is 3. The molecule has 0 aliphatic heterocycles. The molecule has 0 fully saturated rings. The summed E-state index contributed by atoms with van der Waals surface area (Å²) in [5.41, 5.74) is 3.81. The van der Waals surface area contributed by atoms with Crippen molar-refractivity contribution < 1.29 is 0 Å². The van der Waals surface area contributed by atoms with Crippen LogP contribution in [0.25, 0.3) is 11.5 Å². The van der Waals surface area contributed by atoms with Crippen molar-refractivity contribution in [3.63, 3.8) is 0 Å². The molecule has 6 heteroatoms.